The Hall–Kier alpha value is -6.38. The van der Waals surface area contributed by atoms with Gasteiger partial charge in [0, 0.05) is 33.1 Å². The van der Waals surface area contributed by atoms with Gasteiger partial charge in [0.15, 0.2) is 14.3 Å². The lowest BCUT2D eigenvalue weighted by Crippen LogP contribution is -2.61. The number of halogens is 4. The number of rotatable bonds is 18. The van der Waals surface area contributed by atoms with E-state index < -0.39 is 79.4 Å². The summed E-state index contributed by atoms with van der Waals surface area (Å²) in [6, 6.07) is 34.5. The van der Waals surface area contributed by atoms with Gasteiger partial charge in [-0.1, -0.05) is 120 Å². The molecule has 5 aliphatic carbocycles. The van der Waals surface area contributed by atoms with Crippen molar-refractivity contribution in [1.82, 2.24) is 0 Å². The molecule has 18 nitrogen and oxygen atoms in total. The summed E-state index contributed by atoms with van der Waals surface area (Å²) in [6.07, 6.45) is 2.30. The molecular formula is C83H114F3IO18S2. The number of ether oxygens (including phenoxy) is 7. The highest BCUT2D eigenvalue weighted by Gasteiger charge is 2.64. The van der Waals surface area contributed by atoms with Gasteiger partial charge in [-0.3, -0.25) is 28.8 Å². The van der Waals surface area contributed by atoms with Crippen LogP contribution in [-0.2, 0) is 72.1 Å². The van der Waals surface area contributed by atoms with Crippen LogP contribution in [0.25, 0.3) is 25.1 Å². The molecule has 3 heterocycles. The molecule has 0 radical (unpaired) electrons. The summed E-state index contributed by atoms with van der Waals surface area (Å²) < 4.78 is 112. The van der Waals surface area contributed by atoms with Crippen LogP contribution in [0.3, 0.4) is 0 Å². The highest BCUT2D eigenvalue weighted by Crippen LogP contribution is 2.64. The molecule has 12 rings (SSSR count). The zero-order chi connectivity index (χ0) is 80.3. The highest BCUT2D eigenvalue weighted by molar-refractivity contribution is 14.1. The van der Waals surface area contributed by atoms with E-state index in [2.05, 4.69) is 127 Å². The first-order valence-corrected chi connectivity index (χ1v) is 41.5. The predicted octanol–water partition coefficient (Wildman–Crippen LogP) is 19.5. The first kappa shape index (κ1) is 89.5. The molecule has 5 saturated carbocycles. The molecule has 1 N–H and O–H groups in total. The second-order valence-electron chi connectivity index (χ2n) is 33.5. The number of alkyl halides is 4. The Balaban J connectivity index is 0.000000209. The van der Waals surface area contributed by atoms with Crippen molar-refractivity contribution in [3.63, 3.8) is 0 Å². The van der Waals surface area contributed by atoms with Crippen LogP contribution < -0.4 is 4.74 Å². The van der Waals surface area contributed by atoms with Crippen molar-refractivity contribution in [2.24, 2.45) is 49.7 Å². The SMILES string of the molecule is CCC(C)(C)C(=O)OC1(C(C)(C)C)CCCC1.CCC(C)(C)C(=O)OC12CC3CC(C1)CC(C(=O)OC(CS(=O)(=O)[O-])C(F)(F)F)(C3)C2.CCC(C)(C)C(=O)OC1C(=O)OC(C)C1I.CCC(C)(C)C(=O)Oc1ccc(O)cc1.CCC1(C)CCOC1=O.c1ccc(-[s+]2c3ccccc3c3ccccc32)cc1. The number of hydrogen-bond acceptors (Lipinski definition) is 18. The third-order valence-corrected chi connectivity index (χ3v) is 27.4. The molecule has 24 heteroatoms. The van der Waals surface area contributed by atoms with E-state index in [0.717, 1.165) is 44.9 Å². The minimum absolute atomic E-state index is 0.00100. The summed E-state index contributed by atoms with van der Waals surface area (Å²) in [5.41, 5.74) is -4.72. The van der Waals surface area contributed by atoms with Crippen molar-refractivity contribution in [2.75, 3.05) is 12.4 Å². The third kappa shape index (κ3) is 22.7. The fourth-order valence-electron chi connectivity index (χ4n) is 13.8. The minimum atomic E-state index is -5.27. The predicted molar refractivity (Wildman–Crippen MR) is 416 cm³/mol. The normalized spacial score (nSPS) is 24.0. The summed E-state index contributed by atoms with van der Waals surface area (Å²) in [6.45, 7) is 35.4. The first-order valence-electron chi connectivity index (χ1n) is 37.4. The van der Waals surface area contributed by atoms with Crippen molar-refractivity contribution in [3.05, 3.63) is 103 Å². The molecule has 0 amide bonds. The highest BCUT2D eigenvalue weighted by atomic mass is 127. The van der Waals surface area contributed by atoms with Crippen LogP contribution in [0.2, 0.25) is 0 Å². The quantitative estimate of drug-likeness (QED) is 0.0162. The third-order valence-electron chi connectivity index (χ3n) is 22.7. The molecule has 7 atom stereocenters. The van der Waals surface area contributed by atoms with E-state index in [0.29, 0.717) is 50.9 Å². The lowest BCUT2D eigenvalue weighted by Gasteiger charge is -2.60. The summed E-state index contributed by atoms with van der Waals surface area (Å²) in [7, 11) is -5.21. The van der Waals surface area contributed by atoms with E-state index >= 15 is 0 Å². The summed E-state index contributed by atoms with van der Waals surface area (Å²) >= 11 is 2.09. The van der Waals surface area contributed by atoms with Crippen molar-refractivity contribution in [2.45, 2.75) is 267 Å². The van der Waals surface area contributed by atoms with Crippen molar-refractivity contribution in [1.29, 1.82) is 0 Å². The standard InChI is InChI=1S/C20H29F3O7S.C18H13S.C15H28O2.C12H16O3.C11H17IO4.C7H12O2/c1-4-17(2,3)15(24)30-19-8-12-5-13(9-19)7-18(6-12,11-19)16(25)29-14(20(21,22)23)10-31(26,27)28;1-2-8-14(9-3-1)19-17-12-6-4-10-15(17)16-11-5-7-13-18(16)19;1-7-14(5,6)12(16)17-15(13(2,3)4)10-8-9-11-15;1-4-12(2,3)11(14)15-10-7-5-9(13)6-8-10;1-5-11(3,4)10(14)16-8-7(12)6(2)15-9(8)13;1-3-7(2)4-5-9-6(7)8/h12-14H,4-11H2,1-3H3,(H,26,27,28);1-13H;7-11H2,1-6H3;5-8,13H,4H2,1-3H3;6-8H,5H2,1-4H3;3-5H2,1-2H3/q;+1;;;;/p-1. The summed E-state index contributed by atoms with van der Waals surface area (Å²) in [5.74, 6) is -3.91. The number of carbonyl (C=O) groups excluding carboxylic acids is 7. The molecule has 5 aromatic rings. The molecule has 2 aliphatic heterocycles. The number of phenols is 1. The van der Waals surface area contributed by atoms with Crippen molar-refractivity contribution >= 4 is 105 Å². The van der Waals surface area contributed by atoms with Crippen molar-refractivity contribution < 1.29 is 98.0 Å². The first-order chi connectivity index (χ1) is 49.5. The lowest BCUT2D eigenvalue weighted by molar-refractivity contribution is -0.239. The lowest BCUT2D eigenvalue weighted by atomic mass is 9.48. The maximum atomic E-state index is 13.3. The van der Waals surface area contributed by atoms with E-state index in [1.165, 1.54) is 50.0 Å². The van der Waals surface area contributed by atoms with E-state index in [9.17, 15) is 59.7 Å². The molecule has 2 saturated heterocycles. The second kappa shape index (κ2) is 35.8. The average Bonchev–Trinajstić information content (AvgIpc) is 1.53. The van der Waals surface area contributed by atoms with Gasteiger partial charge >= 0.3 is 48.0 Å². The largest absolute Gasteiger partial charge is 0.748 e. The van der Waals surface area contributed by atoms with Gasteiger partial charge in [0.25, 0.3) is 0 Å². The maximum absolute atomic E-state index is 13.3. The van der Waals surface area contributed by atoms with Gasteiger partial charge in [-0.2, -0.15) is 13.2 Å². The van der Waals surface area contributed by atoms with E-state index in [1.54, 1.807) is 46.8 Å². The van der Waals surface area contributed by atoms with Crippen LogP contribution in [-0.4, -0.2) is 112 Å². The topological polar surface area (TPSA) is 262 Å². The molecule has 4 aromatic carbocycles. The zero-order valence-electron chi connectivity index (χ0n) is 65.7. The monoisotopic (exact) mass is 1650 g/mol. The van der Waals surface area contributed by atoms with Gasteiger partial charge < -0.3 is 42.8 Å². The van der Waals surface area contributed by atoms with Gasteiger partial charge in [-0.15, -0.1) is 0 Å². The second-order valence-corrected chi connectivity index (χ2v) is 38.3. The molecule has 7 aliphatic rings. The number of phenolic OH excluding ortho intramolecular Hbond substituents is 1. The molecule has 7 unspecified atom stereocenters. The van der Waals surface area contributed by atoms with Gasteiger partial charge in [0.1, 0.15) is 28.8 Å². The van der Waals surface area contributed by atoms with Gasteiger partial charge in [0.05, 0.1) is 58.9 Å². The van der Waals surface area contributed by atoms with E-state index in [4.69, 9.17) is 33.5 Å². The Morgan fingerprint density at radius 3 is 1.54 bits per heavy atom. The summed E-state index contributed by atoms with van der Waals surface area (Å²) in [5, 5.41) is 11.8. The number of fused-ring (bicyclic) bond motifs is 3. The maximum Gasteiger partial charge on any atom is 0.426 e. The average molecular weight is 1650 g/mol. The molecular weight excluding hydrogens is 1530 g/mol. The number of benzene rings is 4. The Morgan fingerprint density at radius 2 is 1.12 bits per heavy atom. The number of hydrogen-bond donors (Lipinski definition) is 1. The van der Waals surface area contributed by atoms with E-state index in [-0.39, 0.29) is 90.2 Å². The molecule has 4 bridgehead atoms. The fourth-order valence-corrected chi connectivity index (χ4v) is 17.4. The molecule has 7 fully saturated rings. The molecule has 594 valence electrons. The van der Waals surface area contributed by atoms with Crippen LogP contribution in [0.5, 0.6) is 11.5 Å². The number of thiophene rings is 1. The number of carbonyl (C=O) groups is 7. The fraction of sp³-hybridized carbons (Fsp3) is 0.627. The minimum Gasteiger partial charge on any atom is -0.748 e. The Bertz CT molecular complexity index is 3930. The number of esters is 7. The molecule has 107 heavy (non-hydrogen) atoms. The summed E-state index contributed by atoms with van der Waals surface area (Å²) in [4.78, 5) is 85.2. The van der Waals surface area contributed by atoms with Gasteiger partial charge in [-0.25, -0.2) is 13.2 Å². The number of cyclic esters (lactones) is 2. The van der Waals surface area contributed by atoms with Gasteiger partial charge in [0.2, 0.25) is 12.2 Å². The van der Waals surface area contributed by atoms with Crippen LogP contribution in [0.4, 0.5) is 13.2 Å². The van der Waals surface area contributed by atoms with Crippen LogP contribution in [0.15, 0.2) is 103 Å². The van der Waals surface area contributed by atoms with Crippen LogP contribution in [0.1, 0.15) is 227 Å². The number of aromatic hydroxyl groups is 1. The Morgan fingerprint density at radius 1 is 0.654 bits per heavy atom. The smallest absolute Gasteiger partial charge is 0.426 e. The van der Waals surface area contributed by atoms with Gasteiger partial charge in [-0.05, 0) is 238 Å². The molecule has 0 spiro atoms. The van der Waals surface area contributed by atoms with E-state index in [1.807, 2.05) is 69.2 Å². The van der Waals surface area contributed by atoms with Crippen LogP contribution >= 0.6 is 33.1 Å². The Kier molecular flexibility index (Phi) is 29.9. The van der Waals surface area contributed by atoms with Crippen molar-refractivity contribution in [3.8, 4) is 16.4 Å². The zero-order valence-corrected chi connectivity index (χ0v) is 69.5. The van der Waals surface area contributed by atoms with Crippen LogP contribution in [0, 0.1) is 49.7 Å². The Labute approximate surface area is 647 Å². The molecule has 1 aromatic heterocycles.